The average Bonchev–Trinajstić information content (AvgIpc) is 2.20. The van der Waals surface area contributed by atoms with Crippen LogP contribution in [0.4, 0.5) is 0 Å². The summed E-state index contributed by atoms with van der Waals surface area (Å²) >= 11 is 3.38. The van der Waals surface area contributed by atoms with Crippen molar-refractivity contribution in [3.8, 4) is 11.8 Å². The molecule has 1 aromatic carbocycles. The molecule has 0 aromatic heterocycles. The van der Waals surface area contributed by atoms with Crippen LogP contribution in [0.3, 0.4) is 0 Å². The molecule has 1 heterocycles. The average molecular weight is 253 g/mol. The lowest BCUT2D eigenvalue weighted by Gasteiger charge is -2.24. The first-order chi connectivity index (χ1) is 6.74. The van der Waals surface area contributed by atoms with Crippen LogP contribution in [0.5, 0.6) is 5.75 Å². The highest BCUT2D eigenvalue weighted by atomic mass is 79.9. The molecule has 0 bridgehead atoms. The second-order valence-electron chi connectivity index (χ2n) is 3.19. The van der Waals surface area contributed by atoms with Crippen LogP contribution in [0.1, 0.15) is 23.6 Å². The summed E-state index contributed by atoms with van der Waals surface area (Å²) in [6.07, 6.45) is 0.762. The number of nitriles is 1. The van der Waals surface area contributed by atoms with E-state index in [1.165, 1.54) is 0 Å². The van der Waals surface area contributed by atoms with Crippen molar-refractivity contribution in [2.75, 3.05) is 6.61 Å². The van der Waals surface area contributed by atoms with Crippen molar-refractivity contribution in [3.63, 3.8) is 0 Å². The van der Waals surface area contributed by atoms with Crippen LogP contribution in [0.15, 0.2) is 16.6 Å². The van der Waals surface area contributed by atoms with Crippen molar-refractivity contribution in [3.05, 3.63) is 27.7 Å². The quantitative estimate of drug-likeness (QED) is 0.770. The minimum Gasteiger partial charge on any atom is -0.492 e. The number of rotatable bonds is 0. The highest BCUT2D eigenvalue weighted by molar-refractivity contribution is 9.10. The molecular weight excluding hydrogens is 244 g/mol. The van der Waals surface area contributed by atoms with Crippen molar-refractivity contribution in [2.45, 2.75) is 12.5 Å². The predicted molar refractivity (Wildman–Crippen MR) is 55.9 cm³/mol. The molecule has 1 aliphatic rings. The molecule has 2 rings (SSSR count). The van der Waals surface area contributed by atoms with Crippen LogP contribution in [0.25, 0.3) is 0 Å². The van der Waals surface area contributed by atoms with Gasteiger partial charge in [0.15, 0.2) is 0 Å². The van der Waals surface area contributed by atoms with Crippen LogP contribution in [0.2, 0.25) is 0 Å². The molecule has 0 saturated carbocycles. The standard InChI is InChI=1S/C10H9BrN2O/c11-7-2-1-6(5-12)9-8(13)3-4-14-10(7)9/h1-2,8H,3-4,13H2. The maximum absolute atomic E-state index is 8.93. The Morgan fingerprint density at radius 1 is 1.57 bits per heavy atom. The summed E-state index contributed by atoms with van der Waals surface area (Å²) in [5, 5.41) is 8.93. The second kappa shape index (κ2) is 3.60. The van der Waals surface area contributed by atoms with E-state index in [0.29, 0.717) is 12.2 Å². The van der Waals surface area contributed by atoms with E-state index in [2.05, 4.69) is 22.0 Å². The predicted octanol–water partition coefficient (Wildman–Crippen LogP) is 2.10. The van der Waals surface area contributed by atoms with Gasteiger partial charge in [-0.2, -0.15) is 5.26 Å². The lowest BCUT2D eigenvalue weighted by molar-refractivity contribution is 0.267. The van der Waals surface area contributed by atoms with Gasteiger partial charge in [0.2, 0.25) is 0 Å². The van der Waals surface area contributed by atoms with E-state index in [9.17, 15) is 0 Å². The van der Waals surface area contributed by atoms with Crippen molar-refractivity contribution < 1.29 is 4.74 Å². The molecule has 0 aliphatic carbocycles. The molecule has 1 aliphatic heterocycles. The van der Waals surface area contributed by atoms with Gasteiger partial charge < -0.3 is 10.5 Å². The maximum atomic E-state index is 8.93. The normalized spacial score (nSPS) is 19.4. The van der Waals surface area contributed by atoms with Crippen molar-refractivity contribution in [1.82, 2.24) is 0 Å². The van der Waals surface area contributed by atoms with Crippen LogP contribution in [0, 0.1) is 11.3 Å². The van der Waals surface area contributed by atoms with Gasteiger partial charge in [-0.3, -0.25) is 0 Å². The number of benzene rings is 1. The molecule has 72 valence electrons. The number of nitrogens with zero attached hydrogens (tertiary/aromatic N) is 1. The van der Waals surface area contributed by atoms with Gasteiger partial charge in [0, 0.05) is 18.0 Å². The van der Waals surface area contributed by atoms with E-state index >= 15 is 0 Å². The molecule has 0 saturated heterocycles. The zero-order chi connectivity index (χ0) is 10.1. The van der Waals surface area contributed by atoms with Gasteiger partial charge in [0.05, 0.1) is 22.7 Å². The fraction of sp³-hybridized carbons (Fsp3) is 0.300. The molecular formula is C10H9BrN2O. The third kappa shape index (κ3) is 1.39. The summed E-state index contributed by atoms with van der Waals surface area (Å²) < 4.78 is 6.35. The van der Waals surface area contributed by atoms with Gasteiger partial charge in [-0.05, 0) is 28.1 Å². The van der Waals surface area contributed by atoms with Crippen LogP contribution >= 0.6 is 15.9 Å². The van der Waals surface area contributed by atoms with Gasteiger partial charge >= 0.3 is 0 Å². The monoisotopic (exact) mass is 252 g/mol. The topological polar surface area (TPSA) is 59.0 Å². The number of halogens is 1. The van der Waals surface area contributed by atoms with E-state index in [1.807, 2.05) is 6.07 Å². The zero-order valence-electron chi connectivity index (χ0n) is 7.46. The summed E-state index contributed by atoms with van der Waals surface area (Å²) in [6.45, 7) is 0.613. The van der Waals surface area contributed by atoms with Gasteiger partial charge in [-0.15, -0.1) is 0 Å². The molecule has 0 amide bonds. The molecule has 1 unspecified atom stereocenters. The number of hydrogen-bond acceptors (Lipinski definition) is 3. The van der Waals surface area contributed by atoms with Crippen LogP contribution < -0.4 is 10.5 Å². The second-order valence-corrected chi connectivity index (χ2v) is 4.05. The molecule has 1 atom stereocenters. The van der Waals surface area contributed by atoms with Crippen molar-refractivity contribution >= 4 is 15.9 Å². The molecule has 2 N–H and O–H groups in total. The van der Waals surface area contributed by atoms with Crippen LogP contribution in [-0.2, 0) is 0 Å². The number of ether oxygens (including phenoxy) is 1. The Morgan fingerprint density at radius 2 is 2.36 bits per heavy atom. The molecule has 0 spiro atoms. The lowest BCUT2D eigenvalue weighted by atomic mass is 9.96. The summed E-state index contributed by atoms with van der Waals surface area (Å²) in [6, 6.07) is 5.62. The van der Waals surface area contributed by atoms with Gasteiger partial charge in [-0.25, -0.2) is 0 Å². The molecule has 0 fully saturated rings. The van der Waals surface area contributed by atoms with Gasteiger partial charge in [0.25, 0.3) is 0 Å². The van der Waals surface area contributed by atoms with E-state index in [4.69, 9.17) is 15.7 Å². The fourth-order valence-electron chi connectivity index (χ4n) is 1.62. The third-order valence-electron chi connectivity index (χ3n) is 2.31. The number of nitrogens with two attached hydrogens (primary N) is 1. The Morgan fingerprint density at radius 3 is 3.07 bits per heavy atom. The smallest absolute Gasteiger partial charge is 0.139 e. The molecule has 14 heavy (non-hydrogen) atoms. The van der Waals surface area contributed by atoms with E-state index < -0.39 is 0 Å². The Labute approximate surface area is 90.6 Å². The maximum Gasteiger partial charge on any atom is 0.139 e. The lowest BCUT2D eigenvalue weighted by Crippen LogP contribution is -2.22. The Hall–Kier alpha value is -1.05. The summed E-state index contributed by atoms with van der Waals surface area (Å²) in [7, 11) is 0. The van der Waals surface area contributed by atoms with Crippen LogP contribution in [-0.4, -0.2) is 6.61 Å². The van der Waals surface area contributed by atoms with Crippen molar-refractivity contribution in [2.24, 2.45) is 5.73 Å². The number of fused-ring (bicyclic) bond motifs is 1. The summed E-state index contributed by atoms with van der Waals surface area (Å²) in [5.41, 5.74) is 7.37. The molecule has 1 aromatic rings. The Balaban J connectivity index is 2.65. The molecule has 4 heteroatoms. The zero-order valence-corrected chi connectivity index (χ0v) is 9.04. The van der Waals surface area contributed by atoms with E-state index in [-0.39, 0.29) is 6.04 Å². The third-order valence-corrected chi connectivity index (χ3v) is 2.94. The highest BCUT2D eigenvalue weighted by Gasteiger charge is 2.23. The van der Waals surface area contributed by atoms with E-state index in [0.717, 1.165) is 22.2 Å². The van der Waals surface area contributed by atoms with E-state index in [1.54, 1.807) is 6.07 Å². The Bertz CT molecular complexity index is 411. The summed E-state index contributed by atoms with van der Waals surface area (Å²) in [5.74, 6) is 0.725. The fourth-order valence-corrected chi connectivity index (χ4v) is 2.08. The minimum atomic E-state index is -0.0918. The van der Waals surface area contributed by atoms with Gasteiger partial charge in [0.1, 0.15) is 5.75 Å². The minimum absolute atomic E-state index is 0.0918. The molecule has 0 radical (unpaired) electrons. The molecule has 3 nitrogen and oxygen atoms in total. The van der Waals surface area contributed by atoms with Crippen molar-refractivity contribution in [1.29, 1.82) is 5.26 Å². The first-order valence-corrected chi connectivity index (χ1v) is 5.14. The number of hydrogen-bond donors (Lipinski definition) is 1. The highest BCUT2D eigenvalue weighted by Crippen LogP contribution is 2.38. The first-order valence-electron chi connectivity index (χ1n) is 4.35. The Kier molecular flexibility index (Phi) is 2.44. The summed E-state index contributed by atoms with van der Waals surface area (Å²) in [4.78, 5) is 0. The SMILES string of the molecule is N#Cc1ccc(Br)c2c1C(N)CCO2. The first kappa shape index (κ1) is 9.50. The largest absolute Gasteiger partial charge is 0.492 e. The van der Waals surface area contributed by atoms with Gasteiger partial charge in [-0.1, -0.05) is 0 Å².